The molecule has 12 aromatic carbocycles. The van der Waals surface area contributed by atoms with E-state index in [9.17, 15) is 0 Å². The van der Waals surface area contributed by atoms with Crippen LogP contribution in [-0.4, -0.2) is 0 Å². The van der Waals surface area contributed by atoms with Crippen LogP contribution in [0.15, 0.2) is 218 Å². The van der Waals surface area contributed by atoms with Crippen LogP contribution in [0.2, 0.25) is 0 Å². The van der Waals surface area contributed by atoms with Crippen molar-refractivity contribution >= 4 is 64.6 Å². The van der Waals surface area contributed by atoms with Crippen molar-refractivity contribution in [3.63, 3.8) is 0 Å². The van der Waals surface area contributed by atoms with Crippen LogP contribution in [0, 0.1) is 0 Å². The van der Waals surface area contributed by atoms with Crippen molar-refractivity contribution in [3.8, 4) is 44.5 Å². The third-order valence-corrected chi connectivity index (χ3v) is 14.2. The van der Waals surface area contributed by atoms with Crippen LogP contribution < -0.4 is 0 Å². The maximum Gasteiger partial charge on any atom is 0.0732 e. The van der Waals surface area contributed by atoms with Crippen molar-refractivity contribution in [1.82, 2.24) is 0 Å². The summed E-state index contributed by atoms with van der Waals surface area (Å²) >= 11 is 0. The lowest BCUT2D eigenvalue weighted by atomic mass is 9.68. The van der Waals surface area contributed by atoms with Gasteiger partial charge in [-0.05, 0) is 144 Å². The van der Waals surface area contributed by atoms with Crippen LogP contribution in [0.25, 0.3) is 109 Å². The standard InChI is InChI=1S/C61H36/c1-2-18-38-35-39(34-33-37(38)17-1)56-47-26-8-10-28-49(47)57(50-29-11-9-27-48(50)56)52-36-55-58(45-24-6-4-21-42(45)52)59-46-25-7-3-19-40(46)41-20-5-12-30-51(41)60(59)61(55)53-31-15-13-22-43(53)44-23-14-16-32-54(44)61/h1-36H. The smallest absolute Gasteiger partial charge is 0.0619 e. The zero-order valence-electron chi connectivity index (χ0n) is 33.3. The summed E-state index contributed by atoms with van der Waals surface area (Å²) in [6.45, 7) is 0. The molecule has 0 bridgehead atoms. The average molecular weight is 769 g/mol. The Hall–Kier alpha value is -7.80. The second kappa shape index (κ2) is 12.1. The summed E-state index contributed by atoms with van der Waals surface area (Å²) in [5, 5.41) is 15.4. The van der Waals surface area contributed by atoms with Crippen LogP contribution in [-0.2, 0) is 5.41 Å². The quantitative estimate of drug-likeness (QED) is 0.121. The first-order valence-corrected chi connectivity index (χ1v) is 21.4. The number of benzene rings is 12. The molecule has 0 fully saturated rings. The summed E-state index contributed by atoms with van der Waals surface area (Å²) in [6, 6.07) is 82.5. The van der Waals surface area contributed by atoms with Crippen LogP contribution in [0.5, 0.6) is 0 Å². The Balaban J connectivity index is 1.19. The van der Waals surface area contributed by atoms with Crippen LogP contribution >= 0.6 is 0 Å². The fraction of sp³-hybridized carbons (Fsp3) is 0.0164. The predicted octanol–water partition coefficient (Wildman–Crippen LogP) is 16.3. The number of fused-ring (bicyclic) bond motifs is 20. The molecule has 0 N–H and O–H groups in total. The first kappa shape index (κ1) is 33.1. The summed E-state index contributed by atoms with van der Waals surface area (Å²) < 4.78 is 0. The first-order valence-electron chi connectivity index (χ1n) is 21.4. The van der Waals surface area contributed by atoms with E-state index in [1.807, 2.05) is 0 Å². The maximum absolute atomic E-state index is 2.63. The zero-order valence-corrected chi connectivity index (χ0v) is 33.3. The van der Waals surface area contributed by atoms with E-state index in [-0.39, 0.29) is 0 Å². The van der Waals surface area contributed by atoms with Crippen LogP contribution in [0.3, 0.4) is 0 Å². The summed E-state index contributed by atoms with van der Waals surface area (Å²) in [5.74, 6) is 0. The molecule has 0 heteroatoms. The Morgan fingerprint density at radius 1 is 0.230 bits per heavy atom. The van der Waals surface area contributed by atoms with Gasteiger partial charge in [0.1, 0.15) is 0 Å². The number of hydrogen-bond donors (Lipinski definition) is 0. The second-order valence-corrected chi connectivity index (χ2v) is 17.0. The van der Waals surface area contributed by atoms with Gasteiger partial charge in [-0.2, -0.15) is 0 Å². The maximum atomic E-state index is 2.63. The Labute approximate surface area is 353 Å². The van der Waals surface area contributed by atoms with Crippen molar-refractivity contribution in [2.24, 2.45) is 0 Å². The second-order valence-electron chi connectivity index (χ2n) is 17.0. The third kappa shape index (κ3) is 4.19. The van der Waals surface area contributed by atoms with Crippen molar-refractivity contribution in [2.75, 3.05) is 0 Å². The molecule has 2 aliphatic rings. The van der Waals surface area contributed by atoms with E-state index in [1.165, 1.54) is 131 Å². The van der Waals surface area contributed by atoms with Gasteiger partial charge in [-0.1, -0.05) is 206 Å². The largest absolute Gasteiger partial charge is 0.0732 e. The van der Waals surface area contributed by atoms with Gasteiger partial charge in [0, 0.05) is 0 Å². The summed E-state index contributed by atoms with van der Waals surface area (Å²) in [5.41, 5.74) is 15.4. The molecular formula is C61H36. The van der Waals surface area contributed by atoms with Gasteiger partial charge in [0.05, 0.1) is 5.41 Å². The van der Waals surface area contributed by atoms with Crippen molar-refractivity contribution in [2.45, 2.75) is 5.41 Å². The van der Waals surface area contributed by atoms with E-state index in [4.69, 9.17) is 0 Å². The average Bonchev–Trinajstić information content (AvgIpc) is 3.81. The molecule has 1 spiro atoms. The van der Waals surface area contributed by atoms with Gasteiger partial charge in [-0.15, -0.1) is 0 Å². The lowest BCUT2D eigenvalue weighted by Gasteiger charge is -2.32. The SMILES string of the molecule is c1ccc2c(c1)-c1ccccc1C21c2cc(-c3c4ccccc4c(-c4ccc5ccccc5c4)c4ccccc34)c3ccccc3c2-c2c1c1ccccc1c1ccccc21. The Bertz CT molecular complexity index is 3780. The molecule has 0 saturated heterocycles. The predicted molar refractivity (Wildman–Crippen MR) is 259 cm³/mol. The van der Waals surface area contributed by atoms with Gasteiger partial charge in [-0.25, -0.2) is 0 Å². The highest BCUT2D eigenvalue weighted by atomic mass is 14.5. The lowest BCUT2D eigenvalue weighted by Crippen LogP contribution is -2.26. The minimum Gasteiger partial charge on any atom is -0.0619 e. The first-order chi connectivity index (χ1) is 30.3. The molecular weight excluding hydrogens is 733 g/mol. The highest BCUT2D eigenvalue weighted by Crippen LogP contribution is 2.67. The van der Waals surface area contributed by atoms with Gasteiger partial charge < -0.3 is 0 Å². The minimum absolute atomic E-state index is 0.545. The molecule has 0 heterocycles. The molecule has 14 rings (SSSR count). The topological polar surface area (TPSA) is 0 Å². The van der Waals surface area contributed by atoms with E-state index < -0.39 is 5.41 Å². The van der Waals surface area contributed by atoms with Crippen molar-refractivity contribution in [3.05, 3.63) is 241 Å². The molecule has 280 valence electrons. The van der Waals surface area contributed by atoms with Gasteiger partial charge >= 0.3 is 0 Å². The van der Waals surface area contributed by atoms with Crippen molar-refractivity contribution < 1.29 is 0 Å². The van der Waals surface area contributed by atoms with Crippen molar-refractivity contribution in [1.29, 1.82) is 0 Å². The fourth-order valence-electron chi connectivity index (χ4n) is 11.9. The molecule has 0 radical (unpaired) electrons. The monoisotopic (exact) mass is 768 g/mol. The zero-order chi connectivity index (χ0) is 39.8. The molecule has 0 saturated carbocycles. The van der Waals surface area contributed by atoms with Gasteiger partial charge in [0.25, 0.3) is 0 Å². The summed E-state index contributed by atoms with van der Waals surface area (Å²) in [4.78, 5) is 0. The molecule has 0 aliphatic heterocycles. The molecule has 2 aliphatic carbocycles. The van der Waals surface area contributed by atoms with E-state index in [0.717, 1.165) is 0 Å². The number of rotatable bonds is 2. The van der Waals surface area contributed by atoms with E-state index in [1.54, 1.807) is 0 Å². The highest BCUT2D eigenvalue weighted by molar-refractivity contribution is 6.28. The normalized spacial score (nSPS) is 13.4. The Kier molecular flexibility index (Phi) is 6.58. The van der Waals surface area contributed by atoms with Crippen LogP contribution in [0.4, 0.5) is 0 Å². The molecule has 0 atom stereocenters. The lowest BCUT2D eigenvalue weighted by molar-refractivity contribution is 0.803. The highest BCUT2D eigenvalue weighted by Gasteiger charge is 2.53. The third-order valence-electron chi connectivity index (χ3n) is 14.2. The summed E-state index contributed by atoms with van der Waals surface area (Å²) in [7, 11) is 0. The van der Waals surface area contributed by atoms with Crippen LogP contribution in [0.1, 0.15) is 22.3 Å². The minimum atomic E-state index is -0.545. The molecule has 0 unspecified atom stereocenters. The summed E-state index contributed by atoms with van der Waals surface area (Å²) in [6.07, 6.45) is 0. The van der Waals surface area contributed by atoms with Gasteiger partial charge in [0.15, 0.2) is 0 Å². The Morgan fingerprint density at radius 3 is 1.26 bits per heavy atom. The van der Waals surface area contributed by atoms with E-state index in [0.29, 0.717) is 0 Å². The van der Waals surface area contributed by atoms with E-state index >= 15 is 0 Å². The fourth-order valence-corrected chi connectivity index (χ4v) is 11.9. The van der Waals surface area contributed by atoms with E-state index in [2.05, 4.69) is 218 Å². The molecule has 0 aromatic heterocycles. The number of hydrogen-bond acceptors (Lipinski definition) is 0. The Morgan fingerprint density at radius 2 is 0.656 bits per heavy atom. The molecule has 0 amide bonds. The van der Waals surface area contributed by atoms with Gasteiger partial charge in [0.2, 0.25) is 0 Å². The van der Waals surface area contributed by atoms with Gasteiger partial charge in [-0.3, -0.25) is 0 Å². The molecule has 61 heavy (non-hydrogen) atoms. The molecule has 12 aromatic rings. The molecule has 0 nitrogen and oxygen atoms in total.